The number of carbonyl (C=O) groups is 2. The highest BCUT2D eigenvalue weighted by molar-refractivity contribution is 6.09. The van der Waals surface area contributed by atoms with Crippen LogP contribution >= 0.6 is 0 Å². The van der Waals surface area contributed by atoms with Gasteiger partial charge in [-0.3, -0.25) is 9.36 Å². The van der Waals surface area contributed by atoms with Gasteiger partial charge in [-0.2, -0.15) is 0 Å². The lowest BCUT2D eigenvalue weighted by Crippen LogP contribution is -2.12. The van der Waals surface area contributed by atoms with Gasteiger partial charge >= 0.3 is 5.97 Å². The molecular formula is C19H17NO6. The quantitative estimate of drug-likeness (QED) is 0.757. The van der Waals surface area contributed by atoms with Crippen molar-refractivity contribution < 1.29 is 28.9 Å². The van der Waals surface area contributed by atoms with E-state index in [1.807, 2.05) is 0 Å². The third kappa shape index (κ3) is 2.73. The fourth-order valence-electron chi connectivity index (χ4n) is 2.86. The summed E-state index contributed by atoms with van der Waals surface area (Å²) in [7, 11) is 4.39. The van der Waals surface area contributed by atoms with E-state index in [1.54, 1.807) is 24.3 Å². The highest BCUT2D eigenvalue weighted by Gasteiger charge is 2.21. The zero-order valence-corrected chi connectivity index (χ0v) is 14.5. The maximum atomic E-state index is 13.1. The van der Waals surface area contributed by atoms with Crippen LogP contribution in [0.25, 0.3) is 10.9 Å². The number of nitrogens with zero attached hydrogens (tertiary/aromatic N) is 1. The van der Waals surface area contributed by atoms with Crippen LogP contribution in [0.1, 0.15) is 20.7 Å². The topological polar surface area (TPSA) is 87.0 Å². The molecular weight excluding hydrogens is 338 g/mol. The van der Waals surface area contributed by atoms with Gasteiger partial charge in [0, 0.05) is 17.1 Å². The van der Waals surface area contributed by atoms with Crippen molar-refractivity contribution in [2.24, 2.45) is 0 Å². The van der Waals surface area contributed by atoms with E-state index in [2.05, 4.69) is 0 Å². The number of benzene rings is 2. The third-order valence-corrected chi connectivity index (χ3v) is 4.07. The van der Waals surface area contributed by atoms with E-state index in [0.717, 1.165) is 0 Å². The van der Waals surface area contributed by atoms with Crippen molar-refractivity contribution in [3.05, 3.63) is 53.7 Å². The molecule has 1 aromatic heterocycles. The SMILES string of the molecule is COc1cc(C(=O)n2cc(C(=O)O)c3ccccc32)cc(OC)c1OC. The lowest BCUT2D eigenvalue weighted by Gasteiger charge is -2.14. The number of hydrogen-bond donors (Lipinski definition) is 1. The van der Waals surface area contributed by atoms with Gasteiger partial charge in [0.1, 0.15) is 0 Å². The molecule has 1 N–H and O–H groups in total. The molecule has 134 valence electrons. The van der Waals surface area contributed by atoms with Gasteiger partial charge in [0.05, 0.1) is 32.4 Å². The minimum Gasteiger partial charge on any atom is -0.493 e. The first-order valence-electron chi connectivity index (χ1n) is 7.70. The molecule has 0 aliphatic carbocycles. The summed E-state index contributed by atoms with van der Waals surface area (Å²) >= 11 is 0. The van der Waals surface area contributed by atoms with E-state index in [0.29, 0.717) is 28.2 Å². The van der Waals surface area contributed by atoms with Crippen LogP contribution in [0.15, 0.2) is 42.6 Å². The van der Waals surface area contributed by atoms with Crippen molar-refractivity contribution in [1.29, 1.82) is 0 Å². The molecule has 0 aliphatic heterocycles. The number of carboxylic acid groups (broad SMARTS) is 1. The number of methoxy groups -OCH3 is 3. The summed E-state index contributed by atoms with van der Waals surface area (Å²) in [4.78, 5) is 24.5. The van der Waals surface area contributed by atoms with E-state index in [9.17, 15) is 14.7 Å². The minimum absolute atomic E-state index is 0.0568. The number of aromatic carboxylic acids is 1. The van der Waals surface area contributed by atoms with Crippen molar-refractivity contribution in [3.63, 3.8) is 0 Å². The number of hydrogen-bond acceptors (Lipinski definition) is 5. The molecule has 0 spiro atoms. The monoisotopic (exact) mass is 355 g/mol. The number of carbonyl (C=O) groups excluding carboxylic acids is 1. The Bertz CT molecular complexity index is 979. The average Bonchev–Trinajstić information content (AvgIpc) is 3.06. The van der Waals surface area contributed by atoms with Crippen LogP contribution in [0.5, 0.6) is 17.2 Å². The number of ether oxygens (including phenoxy) is 3. The van der Waals surface area contributed by atoms with Gasteiger partial charge in [0.15, 0.2) is 11.5 Å². The summed E-state index contributed by atoms with van der Waals surface area (Å²) in [6.45, 7) is 0. The van der Waals surface area contributed by atoms with E-state index >= 15 is 0 Å². The Morgan fingerprint density at radius 1 is 0.962 bits per heavy atom. The second kappa shape index (κ2) is 6.79. The van der Waals surface area contributed by atoms with E-state index in [4.69, 9.17) is 14.2 Å². The van der Waals surface area contributed by atoms with Crippen molar-refractivity contribution in [3.8, 4) is 17.2 Å². The Labute approximate surface area is 149 Å². The van der Waals surface area contributed by atoms with Crippen molar-refractivity contribution in [2.75, 3.05) is 21.3 Å². The van der Waals surface area contributed by atoms with Gasteiger partial charge in [0.25, 0.3) is 5.91 Å². The van der Waals surface area contributed by atoms with Gasteiger partial charge < -0.3 is 19.3 Å². The molecule has 0 aliphatic rings. The van der Waals surface area contributed by atoms with Crippen molar-refractivity contribution >= 4 is 22.8 Å². The van der Waals surface area contributed by atoms with Crippen molar-refractivity contribution in [2.45, 2.75) is 0 Å². The summed E-state index contributed by atoms with van der Waals surface area (Å²) in [5.74, 6) is -0.462. The van der Waals surface area contributed by atoms with E-state index in [-0.39, 0.29) is 11.1 Å². The van der Waals surface area contributed by atoms with Gasteiger partial charge in [0.2, 0.25) is 5.75 Å². The number of para-hydroxylation sites is 1. The number of rotatable bonds is 5. The lowest BCUT2D eigenvalue weighted by molar-refractivity contribution is 0.0699. The van der Waals surface area contributed by atoms with Gasteiger partial charge in [-0.25, -0.2) is 4.79 Å². The molecule has 1 heterocycles. The molecule has 26 heavy (non-hydrogen) atoms. The number of fused-ring (bicyclic) bond motifs is 1. The highest BCUT2D eigenvalue weighted by Crippen LogP contribution is 2.38. The molecule has 7 nitrogen and oxygen atoms in total. The number of carboxylic acids is 1. The fraction of sp³-hybridized carbons (Fsp3) is 0.158. The standard InChI is InChI=1S/C19H17NO6/c1-24-15-8-11(9-16(25-2)17(15)26-3)18(21)20-10-13(19(22)23)12-6-4-5-7-14(12)20/h4-10H,1-3H3,(H,22,23). The molecule has 7 heteroatoms. The normalized spacial score (nSPS) is 10.6. The maximum Gasteiger partial charge on any atom is 0.337 e. The zero-order valence-electron chi connectivity index (χ0n) is 14.5. The van der Waals surface area contributed by atoms with Crippen LogP contribution in [-0.2, 0) is 0 Å². The first kappa shape index (κ1) is 17.3. The van der Waals surface area contributed by atoms with Crippen LogP contribution < -0.4 is 14.2 Å². The Morgan fingerprint density at radius 3 is 2.12 bits per heavy atom. The molecule has 0 amide bonds. The lowest BCUT2D eigenvalue weighted by atomic mass is 10.1. The highest BCUT2D eigenvalue weighted by atomic mass is 16.5. The van der Waals surface area contributed by atoms with Crippen LogP contribution in [0.3, 0.4) is 0 Å². The number of aromatic nitrogens is 1. The first-order valence-corrected chi connectivity index (χ1v) is 7.70. The summed E-state index contributed by atoms with van der Waals surface area (Å²) in [5, 5.41) is 9.89. The van der Waals surface area contributed by atoms with Gasteiger partial charge in [-0.1, -0.05) is 18.2 Å². The molecule has 0 atom stereocenters. The van der Waals surface area contributed by atoms with Crippen molar-refractivity contribution in [1.82, 2.24) is 4.57 Å². The van der Waals surface area contributed by atoms with Crippen LogP contribution in [0.4, 0.5) is 0 Å². The Hall–Kier alpha value is -3.48. The van der Waals surface area contributed by atoms with E-state index in [1.165, 1.54) is 44.2 Å². The third-order valence-electron chi connectivity index (χ3n) is 4.07. The maximum absolute atomic E-state index is 13.1. The average molecular weight is 355 g/mol. The van der Waals surface area contributed by atoms with Crippen LogP contribution in [0.2, 0.25) is 0 Å². The minimum atomic E-state index is -1.10. The zero-order chi connectivity index (χ0) is 18.8. The van der Waals surface area contributed by atoms with Crippen LogP contribution in [-0.4, -0.2) is 42.9 Å². The largest absolute Gasteiger partial charge is 0.493 e. The fourth-order valence-corrected chi connectivity index (χ4v) is 2.86. The molecule has 0 radical (unpaired) electrons. The molecule has 0 bridgehead atoms. The summed E-state index contributed by atoms with van der Waals surface area (Å²) < 4.78 is 17.1. The Balaban J connectivity index is 2.19. The van der Waals surface area contributed by atoms with Gasteiger partial charge in [-0.05, 0) is 18.2 Å². The van der Waals surface area contributed by atoms with E-state index < -0.39 is 11.9 Å². The Kier molecular flexibility index (Phi) is 4.53. The molecule has 0 saturated carbocycles. The molecule has 2 aromatic carbocycles. The second-order valence-corrected chi connectivity index (χ2v) is 5.45. The van der Waals surface area contributed by atoms with Gasteiger partial charge in [-0.15, -0.1) is 0 Å². The first-order chi connectivity index (χ1) is 12.5. The predicted octanol–water partition coefficient (Wildman–Crippen LogP) is 3.05. The summed E-state index contributed by atoms with van der Waals surface area (Å²) in [6, 6.07) is 9.88. The summed E-state index contributed by atoms with van der Waals surface area (Å²) in [6.07, 6.45) is 1.32. The Morgan fingerprint density at radius 2 is 1.58 bits per heavy atom. The molecule has 0 unspecified atom stereocenters. The molecule has 0 saturated heterocycles. The van der Waals surface area contributed by atoms with Crippen LogP contribution in [0, 0.1) is 0 Å². The molecule has 3 aromatic rings. The smallest absolute Gasteiger partial charge is 0.337 e. The summed E-state index contributed by atoms with van der Waals surface area (Å²) in [5.41, 5.74) is 0.835. The second-order valence-electron chi connectivity index (χ2n) is 5.45. The molecule has 0 fully saturated rings. The predicted molar refractivity (Wildman–Crippen MR) is 94.7 cm³/mol. The molecule has 3 rings (SSSR count).